The number of ether oxygens (including phenoxy) is 2. The molecule has 2 aliphatic rings. The second-order valence-electron chi connectivity index (χ2n) is 13.9. The van der Waals surface area contributed by atoms with Crippen LogP contribution in [0, 0.1) is 5.92 Å². The van der Waals surface area contributed by atoms with E-state index in [2.05, 4.69) is 48.6 Å². The highest BCUT2D eigenvalue weighted by Crippen LogP contribution is 2.41. The van der Waals surface area contributed by atoms with Gasteiger partial charge in [0.1, 0.15) is 11.2 Å². The van der Waals surface area contributed by atoms with Crippen molar-refractivity contribution in [1.82, 2.24) is 10.2 Å². The quantitative estimate of drug-likeness (QED) is 0.306. The number of nitrogens with one attached hydrogen (secondary N) is 1. The van der Waals surface area contributed by atoms with E-state index in [-0.39, 0.29) is 18.1 Å². The number of amides is 1. The van der Waals surface area contributed by atoms with E-state index in [1.54, 1.807) is 12.1 Å². The molecule has 2 aliphatic carbocycles. The van der Waals surface area contributed by atoms with Gasteiger partial charge in [0, 0.05) is 24.7 Å². The van der Waals surface area contributed by atoms with Gasteiger partial charge in [-0.25, -0.2) is 9.59 Å². The van der Waals surface area contributed by atoms with Gasteiger partial charge in [0.15, 0.2) is 0 Å². The molecule has 0 aromatic heterocycles. The van der Waals surface area contributed by atoms with Crippen LogP contribution in [-0.4, -0.2) is 46.3 Å². The maximum atomic E-state index is 13.4. The maximum Gasteiger partial charge on any atom is 0.410 e. The minimum atomic E-state index is -0.570. The van der Waals surface area contributed by atoms with E-state index in [9.17, 15) is 9.59 Å². The highest BCUT2D eigenvalue weighted by atomic mass is 16.6. The van der Waals surface area contributed by atoms with E-state index in [0.29, 0.717) is 30.1 Å². The van der Waals surface area contributed by atoms with Gasteiger partial charge >= 0.3 is 12.1 Å². The van der Waals surface area contributed by atoms with E-state index in [1.165, 1.54) is 17.6 Å². The maximum absolute atomic E-state index is 13.4. The van der Waals surface area contributed by atoms with Crippen LogP contribution < -0.4 is 5.32 Å². The predicted molar refractivity (Wildman–Crippen MR) is 169 cm³/mol. The van der Waals surface area contributed by atoms with Crippen LogP contribution in [0.4, 0.5) is 4.79 Å². The number of carbonyl (C=O) groups is 2. The summed E-state index contributed by atoms with van der Waals surface area (Å²) in [6, 6.07) is 19.1. The molecular weight excluding hydrogens is 524 g/mol. The highest BCUT2D eigenvalue weighted by molar-refractivity contribution is 5.89. The minimum absolute atomic E-state index is 0.114. The highest BCUT2D eigenvalue weighted by Gasteiger charge is 2.41. The third-order valence-corrected chi connectivity index (χ3v) is 7.98. The zero-order valence-corrected chi connectivity index (χ0v) is 26.6. The van der Waals surface area contributed by atoms with Crippen LogP contribution >= 0.6 is 0 Å². The monoisotopic (exact) mass is 574 g/mol. The molecule has 228 valence electrons. The van der Waals surface area contributed by atoms with E-state index in [1.807, 2.05) is 58.6 Å². The molecule has 0 spiro atoms. The number of rotatable bonds is 9. The first kappa shape index (κ1) is 31.8. The zero-order valence-electron chi connectivity index (χ0n) is 26.6. The van der Waals surface area contributed by atoms with E-state index < -0.39 is 11.2 Å². The van der Waals surface area contributed by atoms with E-state index >= 15 is 0 Å². The zero-order chi connectivity index (χ0) is 30.5. The Kier molecular flexibility index (Phi) is 10.2. The van der Waals surface area contributed by atoms with Crippen molar-refractivity contribution in [3.63, 3.8) is 0 Å². The van der Waals surface area contributed by atoms with Gasteiger partial charge in [-0.2, -0.15) is 0 Å². The molecule has 2 atom stereocenters. The molecule has 2 unspecified atom stereocenters. The van der Waals surface area contributed by atoms with Crippen molar-refractivity contribution in [2.24, 2.45) is 5.92 Å². The van der Waals surface area contributed by atoms with Crippen molar-refractivity contribution in [2.75, 3.05) is 0 Å². The lowest BCUT2D eigenvalue weighted by atomic mass is 9.89. The third-order valence-electron chi connectivity index (χ3n) is 7.98. The summed E-state index contributed by atoms with van der Waals surface area (Å²) in [5.74, 6) is 0.276. The summed E-state index contributed by atoms with van der Waals surface area (Å²) in [6.07, 6.45) is 8.31. The van der Waals surface area contributed by atoms with Crippen molar-refractivity contribution >= 4 is 18.1 Å². The molecule has 42 heavy (non-hydrogen) atoms. The number of benzene rings is 2. The Morgan fingerprint density at radius 1 is 0.881 bits per heavy atom. The van der Waals surface area contributed by atoms with Gasteiger partial charge in [-0.15, -0.1) is 0 Å². The predicted octanol–water partition coefficient (Wildman–Crippen LogP) is 8.16. The van der Waals surface area contributed by atoms with Crippen LogP contribution in [0.5, 0.6) is 0 Å². The van der Waals surface area contributed by atoms with Crippen molar-refractivity contribution in [1.29, 1.82) is 0 Å². The molecule has 6 heteroatoms. The first-order valence-corrected chi connectivity index (χ1v) is 15.6. The number of carbonyl (C=O) groups excluding carboxylic acids is 2. The average molecular weight is 575 g/mol. The summed E-state index contributed by atoms with van der Waals surface area (Å²) in [5.41, 5.74) is 3.16. The normalized spacial score (nSPS) is 22.8. The average Bonchev–Trinajstić information content (AvgIpc) is 3.68. The molecule has 1 amide bonds. The second kappa shape index (κ2) is 13.5. The van der Waals surface area contributed by atoms with Gasteiger partial charge in [0.25, 0.3) is 0 Å². The summed E-state index contributed by atoms with van der Waals surface area (Å²) in [6.45, 7) is 14.0. The Hall–Kier alpha value is -3.12. The van der Waals surface area contributed by atoms with E-state index in [4.69, 9.17) is 9.47 Å². The summed E-state index contributed by atoms with van der Waals surface area (Å²) >= 11 is 0. The third kappa shape index (κ3) is 9.45. The fourth-order valence-corrected chi connectivity index (χ4v) is 5.82. The number of esters is 1. The van der Waals surface area contributed by atoms with Crippen molar-refractivity contribution in [3.8, 4) is 0 Å². The van der Waals surface area contributed by atoms with Gasteiger partial charge in [-0.05, 0) is 109 Å². The largest absolute Gasteiger partial charge is 0.456 e. The number of nitrogens with zero attached hydrogens (tertiary/aromatic N) is 1. The van der Waals surface area contributed by atoms with Gasteiger partial charge in [-0.3, -0.25) is 0 Å². The van der Waals surface area contributed by atoms with Gasteiger partial charge in [0.2, 0.25) is 0 Å². The Morgan fingerprint density at radius 2 is 1.50 bits per heavy atom. The Bertz CT molecular complexity index is 1220. The molecule has 0 saturated heterocycles. The van der Waals surface area contributed by atoms with Crippen molar-refractivity contribution < 1.29 is 19.1 Å². The SMILES string of the molecule is CCC(=Cc1ccccc1)C1CC1NC1CCC(N(Cc2ccc(C(=O)OC(C)(C)C)cc2)C(=O)OC(C)(C)C)CC1. The smallest absolute Gasteiger partial charge is 0.410 e. The number of hydrogen-bond donors (Lipinski definition) is 1. The fourth-order valence-electron chi connectivity index (χ4n) is 5.82. The topological polar surface area (TPSA) is 67.9 Å². The van der Waals surface area contributed by atoms with Crippen molar-refractivity contribution in [2.45, 2.75) is 123 Å². The molecule has 4 rings (SSSR count). The Morgan fingerprint density at radius 3 is 2.07 bits per heavy atom. The first-order valence-electron chi connectivity index (χ1n) is 15.6. The second-order valence-corrected chi connectivity index (χ2v) is 13.9. The van der Waals surface area contributed by atoms with Gasteiger partial charge in [0.05, 0.1) is 5.56 Å². The van der Waals surface area contributed by atoms with E-state index in [0.717, 1.165) is 37.7 Å². The molecule has 1 N–H and O–H groups in total. The lowest BCUT2D eigenvalue weighted by Gasteiger charge is -2.38. The molecule has 2 aromatic rings. The molecule has 2 fully saturated rings. The molecular formula is C36H50N2O4. The van der Waals surface area contributed by atoms with Crippen LogP contribution in [0.25, 0.3) is 6.08 Å². The molecule has 2 aromatic carbocycles. The lowest BCUT2D eigenvalue weighted by molar-refractivity contribution is 0.00616. The lowest BCUT2D eigenvalue weighted by Crippen LogP contribution is -2.47. The van der Waals surface area contributed by atoms with Crippen LogP contribution in [-0.2, 0) is 16.0 Å². The van der Waals surface area contributed by atoms with Crippen LogP contribution in [0.3, 0.4) is 0 Å². The Balaban J connectivity index is 1.35. The summed E-state index contributed by atoms with van der Waals surface area (Å²) in [7, 11) is 0. The molecule has 2 saturated carbocycles. The molecule has 0 aliphatic heterocycles. The molecule has 0 heterocycles. The summed E-state index contributed by atoms with van der Waals surface area (Å²) in [5, 5.41) is 3.93. The van der Waals surface area contributed by atoms with Crippen LogP contribution in [0.15, 0.2) is 60.2 Å². The van der Waals surface area contributed by atoms with Gasteiger partial charge < -0.3 is 19.7 Å². The Labute approximate surface area is 252 Å². The standard InChI is InChI=1S/C36H50N2O4/c1-8-27(22-25-12-10-9-11-13-25)31-23-32(31)37-29-18-20-30(21-19-29)38(34(40)42-36(5,6)7)24-26-14-16-28(17-15-26)33(39)41-35(2,3)4/h9-17,22,29-32,37H,8,18-21,23-24H2,1-7H3. The molecule has 0 bridgehead atoms. The fraction of sp³-hybridized carbons (Fsp3) is 0.556. The summed E-state index contributed by atoms with van der Waals surface area (Å²) < 4.78 is 11.3. The number of hydrogen-bond acceptors (Lipinski definition) is 5. The minimum Gasteiger partial charge on any atom is -0.456 e. The van der Waals surface area contributed by atoms with Crippen molar-refractivity contribution in [3.05, 3.63) is 76.9 Å². The first-order chi connectivity index (χ1) is 19.8. The van der Waals surface area contributed by atoms with Crippen LogP contribution in [0.1, 0.15) is 108 Å². The van der Waals surface area contributed by atoms with Gasteiger partial charge in [-0.1, -0.05) is 61.0 Å². The summed E-state index contributed by atoms with van der Waals surface area (Å²) in [4.78, 5) is 27.7. The molecule has 0 radical (unpaired) electrons. The molecule has 6 nitrogen and oxygen atoms in total. The van der Waals surface area contributed by atoms with Crippen LogP contribution in [0.2, 0.25) is 0 Å².